The van der Waals surface area contributed by atoms with Gasteiger partial charge in [0.25, 0.3) is 5.91 Å². The average Bonchev–Trinajstić information content (AvgIpc) is 3.53. The third kappa shape index (κ3) is 4.39. The molecule has 1 saturated carbocycles. The van der Waals surface area contributed by atoms with Crippen molar-refractivity contribution in [3.8, 4) is 17.0 Å². The number of hydrogen-bond acceptors (Lipinski definition) is 6. The molecule has 0 unspecified atom stereocenters. The van der Waals surface area contributed by atoms with Crippen LogP contribution in [0.25, 0.3) is 22.3 Å². The first-order chi connectivity index (χ1) is 17.3. The van der Waals surface area contributed by atoms with Gasteiger partial charge in [0, 0.05) is 12.2 Å². The van der Waals surface area contributed by atoms with Crippen LogP contribution in [-0.2, 0) is 4.79 Å². The number of carbonyl (C=O) groups is 2. The van der Waals surface area contributed by atoms with Crippen molar-refractivity contribution >= 4 is 22.8 Å². The van der Waals surface area contributed by atoms with Gasteiger partial charge in [0.2, 0.25) is 5.91 Å². The molecule has 2 fully saturated rings. The number of aliphatic hydroxyl groups excluding tert-OH is 1. The highest BCUT2D eigenvalue weighted by atomic mass is 19.1. The number of alkyl halides is 1. The van der Waals surface area contributed by atoms with E-state index in [1.54, 1.807) is 26.0 Å². The largest absolute Gasteiger partial charge is 0.492 e. The van der Waals surface area contributed by atoms with Gasteiger partial charge >= 0.3 is 0 Å². The van der Waals surface area contributed by atoms with Crippen molar-refractivity contribution in [3.05, 3.63) is 41.1 Å². The molecule has 2 atom stereocenters. The molecule has 2 aliphatic rings. The molecule has 1 aliphatic carbocycles. The van der Waals surface area contributed by atoms with Gasteiger partial charge in [-0.2, -0.15) is 0 Å². The van der Waals surface area contributed by atoms with E-state index in [0.717, 1.165) is 12.8 Å². The number of ether oxygens (including phenoxy) is 1. The van der Waals surface area contributed by atoms with Crippen molar-refractivity contribution in [3.63, 3.8) is 0 Å². The number of H-pyrrole nitrogens is 1. The lowest BCUT2D eigenvalue weighted by atomic mass is 10.0. The number of fused-ring (bicyclic) bond motifs is 1. The summed E-state index contributed by atoms with van der Waals surface area (Å²) in [5.41, 5.74) is 2.14. The van der Waals surface area contributed by atoms with Crippen molar-refractivity contribution in [1.29, 1.82) is 0 Å². The SMILES string of the molecule is Cc1ccc(OCC2CC2)c(-c2ncnc3c(C(=O)N[C@H]4CN(C(=O)CO)C[C@H]4F)c(C)[nH]c23)c1F. The lowest BCUT2D eigenvalue weighted by molar-refractivity contribution is -0.133. The highest BCUT2D eigenvalue weighted by Crippen LogP contribution is 2.39. The van der Waals surface area contributed by atoms with E-state index in [4.69, 9.17) is 9.84 Å². The first-order valence-electron chi connectivity index (χ1n) is 11.9. The number of halogens is 2. The Morgan fingerprint density at radius 3 is 2.75 bits per heavy atom. The van der Waals surface area contributed by atoms with Crippen LogP contribution in [-0.4, -0.2) is 75.3 Å². The molecule has 3 N–H and O–H groups in total. The summed E-state index contributed by atoms with van der Waals surface area (Å²) in [5.74, 6) is -0.821. The van der Waals surface area contributed by atoms with E-state index in [-0.39, 0.29) is 35.4 Å². The number of aromatic amines is 1. The van der Waals surface area contributed by atoms with Crippen LogP contribution < -0.4 is 10.1 Å². The van der Waals surface area contributed by atoms with Crippen molar-refractivity contribution in [2.45, 2.75) is 38.9 Å². The molecule has 3 heterocycles. The van der Waals surface area contributed by atoms with Gasteiger partial charge in [-0.1, -0.05) is 6.07 Å². The molecule has 0 spiro atoms. The van der Waals surface area contributed by atoms with E-state index in [9.17, 15) is 14.0 Å². The second-order valence-corrected chi connectivity index (χ2v) is 9.45. The van der Waals surface area contributed by atoms with Crippen LogP contribution in [0, 0.1) is 25.6 Å². The normalized spacial score (nSPS) is 19.6. The molecule has 11 heteroatoms. The Hall–Kier alpha value is -3.60. The minimum atomic E-state index is -1.48. The fraction of sp³-hybridized carbons (Fsp3) is 0.440. The van der Waals surface area contributed by atoms with Gasteiger partial charge in [0.15, 0.2) is 0 Å². The summed E-state index contributed by atoms with van der Waals surface area (Å²) in [6.07, 6.45) is 1.95. The van der Waals surface area contributed by atoms with E-state index >= 15 is 4.39 Å². The van der Waals surface area contributed by atoms with Gasteiger partial charge < -0.3 is 25.0 Å². The molecule has 3 aromatic rings. The zero-order valence-electron chi connectivity index (χ0n) is 20.0. The minimum absolute atomic E-state index is 0.0515. The van der Waals surface area contributed by atoms with Gasteiger partial charge in [-0.3, -0.25) is 9.59 Å². The highest BCUT2D eigenvalue weighted by Gasteiger charge is 2.37. The maximum Gasteiger partial charge on any atom is 0.255 e. The zero-order valence-corrected chi connectivity index (χ0v) is 20.0. The number of aryl methyl sites for hydroxylation is 2. The fourth-order valence-corrected chi connectivity index (χ4v) is 4.53. The Balaban J connectivity index is 1.49. The molecule has 5 rings (SSSR count). The van der Waals surface area contributed by atoms with E-state index < -0.39 is 36.5 Å². The average molecular weight is 500 g/mol. The number of nitrogens with zero attached hydrogens (tertiary/aromatic N) is 3. The Morgan fingerprint density at radius 2 is 2.03 bits per heavy atom. The first-order valence-corrected chi connectivity index (χ1v) is 11.9. The van der Waals surface area contributed by atoms with Crippen LogP contribution in [0.5, 0.6) is 5.75 Å². The van der Waals surface area contributed by atoms with Crippen LogP contribution in [0.3, 0.4) is 0 Å². The summed E-state index contributed by atoms with van der Waals surface area (Å²) in [7, 11) is 0. The third-order valence-corrected chi connectivity index (χ3v) is 6.76. The van der Waals surface area contributed by atoms with E-state index in [1.807, 2.05) is 0 Å². The number of aromatic nitrogens is 3. The van der Waals surface area contributed by atoms with E-state index in [2.05, 4.69) is 20.3 Å². The minimum Gasteiger partial charge on any atom is -0.492 e. The molecule has 1 aromatic carbocycles. The van der Waals surface area contributed by atoms with Crippen LogP contribution in [0.2, 0.25) is 0 Å². The van der Waals surface area contributed by atoms with Crippen molar-refractivity contribution in [2.75, 3.05) is 26.3 Å². The molecule has 36 heavy (non-hydrogen) atoms. The summed E-state index contributed by atoms with van der Waals surface area (Å²) in [4.78, 5) is 37.8. The van der Waals surface area contributed by atoms with Gasteiger partial charge in [0.05, 0.1) is 35.8 Å². The first kappa shape index (κ1) is 24.1. The Morgan fingerprint density at radius 1 is 1.25 bits per heavy atom. The number of amides is 2. The van der Waals surface area contributed by atoms with Crippen molar-refractivity contribution < 1.29 is 28.2 Å². The van der Waals surface area contributed by atoms with Crippen LogP contribution in [0.4, 0.5) is 8.78 Å². The maximum atomic E-state index is 15.4. The standard InChI is InChI=1S/C25H27F2N5O4/c1-12-3-6-17(36-10-14-4-5-14)20(21(12)27)23-24-22(28-11-29-23)19(13(2)30-24)25(35)31-16-8-32(7-15(16)26)18(34)9-33/h3,6,11,14-16,30,33H,4-5,7-10H2,1-2H3,(H,31,35)/t15-,16+/m1/s1. The van der Waals surface area contributed by atoms with E-state index in [1.165, 1.54) is 11.2 Å². The van der Waals surface area contributed by atoms with Gasteiger partial charge in [-0.25, -0.2) is 18.7 Å². The van der Waals surface area contributed by atoms with Gasteiger partial charge in [-0.15, -0.1) is 0 Å². The predicted octanol–water partition coefficient (Wildman–Crippen LogP) is 2.44. The lowest BCUT2D eigenvalue weighted by Crippen LogP contribution is -2.42. The number of likely N-dealkylation sites (tertiary alicyclic amines) is 1. The molecule has 0 radical (unpaired) electrons. The molecule has 1 saturated heterocycles. The Bertz CT molecular complexity index is 1340. The predicted molar refractivity (Wildman–Crippen MR) is 127 cm³/mol. The summed E-state index contributed by atoms with van der Waals surface area (Å²) < 4.78 is 35.9. The number of aliphatic hydroxyl groups is 1. The Labute approximate surface area is 205 Å². The third-order valence-electron chi connectivity index (χ3n) is 6.76. The zero-order chi connectivity index (χ0) is 25.6. The Kier molecular flexibility index (Phi) is 6.33. The molecule has 190 valence electrons. The van der Waals surface area contributed by atoms with Gasteiger partial charge in [0.1, 0.15) is 41.9 Å². The van der Waals surface area contributed by atoms with Crippen molar-refractivity contribution in [1.82, 2.24) is 25.2 Å². The summed E-state index contributed by atoms with van der Waals surface area (Å²) in [5, 5.41) is 11.7. The summed E-state index contributed by atoms with van der Waals surface area (Å²) >= 11 is 0. The smallest absolute Gasteiger partial charge is 0.255 e. The quantitative estimate of drug-likeness (QED) is 0.459. The number of benzene rings is 1. The summed E-state index contributed by atoms with van der Waals surface area (Å²) in [6, 6.07) is 2.43. The molecular weight excluding hydrogens is 472 g/mol. The topological polar surface area (TPSA) is 120 Å². The molecule has 9 nitrogen and oxygen atoms in total. The monoisotopic (exact) mass is 499 g/mol. The fourth-order valence-electron chi connectivity index (χ4n) is 4.53. The second kappa shape index (κ2) is 9.45. The highest BCUT2D eigenvalue weighted by molar-refractivity contribution is 6.09. The maximum absolute atomic E-state index is 15.4. The summed E-state index contributed by atoms with van der Waals surface area (Å²) in [6.45, 7) is 2.82. The number of rotatable bonds is 7. The lowest BCUT2D eigenvalue weighted by Gasteiger charge is -2.16. The van der Waals surface area contributed by atoms with E-state index in [0.29, 0.717) is 35.0 Å². The second-order valence-electron chi connectivity index (χ2n) is 9.45. The number of nitrogens with one attached hydrogen (secondary N) is 2. The van der Waals surface area contributed by atoms with Gasteiger partial charge in [-0.05, 0) is 44.2 Å². The van der Waals surface area contributed by atoms with Crippen LogP contribution >= 0.6 is 0 Å². The molecular formula is C25H27F2N5O4. The van der Waals surface area contributed by atoms with Crippen molar-refractivity contribution in [2.24, 2.45) is 5.92 Å². The van der Waals surface area contributed by atoms with Crippen LogP contribution in [0.1, 0.15) is 34.5 Å². The molecule has 0 bridgehead atoms. The molecule has 1 aliphatic heterocycles. The molecule has 2 aromatic heterocycles. The van der Waals surface area contributed by atoms with Crippen LogP contribution in [0.15, 0.2) is 18.5 Å². The number of carbonyl (C=O) groups excluding carboxylic acids is 2. The number of hydrogen-bond donors (Lipinski definition) is 3. The molecule has 2 amide bonds.